The minimum atomic E-state index is 0.578. The van der Waals surface area contributed by atoms with Crippen LogP contribution < -0.4 is 10.1 Å². The van der Waals surface area contributed by atoms with Gasteiger partial charge in [-0.1, -0.05) is 43.0 Å². The summed E-state index contributed by atoms with van der Waals surface area (Å²) in [5, 5.41) is 7.52. The number of fused-ring (bicyclic) bond motifs is 2. The van der Waals surface area contributed by atoms with Crippen molar-refractivity contribution in [1.82, 2.24) is 24.5 Å². The highest BCUT2D eigenvalue weighted by atomic mass is 32.1. The lowest BCUT2D eigenvalue weighted by molar-refractivity contribution is 0.461. The third kappa shape index (κ3) is 3.97. The first-order chi connectivity index (χ1) is 19.1. The number of nitrogens with zero attached hydrogens (tertiary/aromatic N) is 5. The van der Waals surface area contributed by atoms with Crippen LogP contribution in [-0.4, -0.2) is 24.5 Å². The van der Waals surface area contributed by atoms with Gasteiger partial charge < -0.3 is 14.6 Å². The first kappa shape index (κ1) is 23.3. The highest BCUT2D eigenvalue weighted by Crippen LogP contribution is 2.46. The molecule has 2 aromatic carbocycles. The number of hydrogen-bond donors (Lipinski definition) is 1. The van der Waals surface area contributed by atoms with Crippen LogP contribution in [0.3, 0.4) is 0 Å². The van der Waals surface area contributed by atoms with Crippen molar-refractivity contribution in [2.24, 2.45) is 7.05 Å². The molecule has 0 saturated carbocycles. The number of rotatable bonds is 5. The van der Waals surface area contributed by atoms with E-state index in [0.29, 0.717) is 12.4 Å². The van der Waals surface area contributed by atoms with Crippen LogP contribution >= 0.6 is 11.3 Å². The van der Waals surface area contributed by atoms with Gasteiger partial charge in [-0.25, -0.2) is 19.9 Å². The lowest BCUT2D eigenvalue weighted by Crippen LogP contribution is -2.03. The SMILES string of the molecule is C=Cc1nc(-c2ccc(-c3c4c5c(ncnc5n3C)NCc3cc(Oc5cccc(C)n5)ccc3-4)cc2)cs1. The van der Waals surface area contributed by atoms with E-state index in [1.54, 1.807) is 23.7 Å². The minimum Gasteiger partial charge on any atom is -0.439 e. The Balaban J connectivity index is 1.36. The highest BCUT2D eigenvalue weighted by molar-refractivity contribution is 7.10. The highest BCUT2D eigenvalue weighted by Gasteiger charge is 2.26. The van der Waals surface area contributed by atoms with Crippen molar-refractivity contribution in [1.29, 1.82) is 0 Å². The van der Waals surface area contributed by atoms with Gasteiger partial charge in [-0.05, 0) is 47.9 Å². The molecule has 0 amide bonds. The third-order valence-electron chi connectivity index (χ3n) is 7.00. The zero-order valence-electron chi connectivity index (χ0n) is 21.5. The van der Waals surface area contributed by atoms with Crippen LogP contribution in [0.25, 0.3) is 50.8 Å². The van der Waals surface area contributed by atoms with E-state index in [9.17, 15) is 0 Å². The van der Waals surface area contributed by atoms with Gasteiger partial charge in [0.2, 0.25) is 5.88 Å². The second kappa shape index (κ2) is 9.18. The Hall–Kier alpha value is -4.82. The van der Waals surface area contributed by atoms with Crippen molar-refractivity contribution in [3.05, 3.63) is 95.2 Å². The Kier molecular flexibility index (Phi) is 5.49. The molecule has 6 aromatic rings. The van der Waals surface area contributed by atoms with E-state index < -0.39 is 0 Å². The third-order valence-corrected chi connectivity index (χ3v) is 7.84. The molecular formula is C31H24N6OS. The summed E-state index contributed by atoms with van der Waals surface area (Å²) >= 11 is 1.59. The molecule has 1 aliphatic rings. The number of aryl methyl sites for hydroxylation is 2. The molecule has 0 radical (unpaired) electrons. The molecule has 7 rings (SSSR count). The average molecular weight is 529 g/mol. The summed E-state index contributed by atoms with van der Waals surface area (Å²) in [6.45, 7) is 6.40. The van der Waals surface area contributed by atoms with E-state index in [1.807, 2.05) is 31.2 Å². The number of nitrogens with one attached hydrogen (secondary N) is 1. The smallest absolute Gasteiger partial charge is 0.219 e. The molecule has 4 aromatic heterocycles. The molecule has 1 N–H and O–H groups in total. The second-order valence-electron chi connectivity index (χ2n) is 9.45. The Morgan fingerprint density at radius 3 is 2.67 bits per heavy atom. The predicted molar refractivity (Wildman–Crippen MR) is 157 cm³/mol. The van der Waals surface area contributed by atoms with Gasteiger partial charge in [0.15, 0.2) is 0 Å². The molecule has 1 aliphatic heterocycles. The van der Waals surface area contributed by atoms with Crippen LogP contribution in [-0.2, 0) is 13.6 Å². The van der Waals surface area contributed by atoms with Crippen LogP contribution in [0.1, 0.15) is 16.3 Å². The van der Waals surface area contributed by atoms with Gasteiger partial charge in [0.25, 0.3) is 0 Å². The maximum atomic E-state index is 6.12. The van der Waals surface area contributed by atoms with E-state index in [1.165, 1.54) is 0 Å². The summed E-state index contributed by atoms with van der Waals surface area (Å²) in [7, 11) is 2.06. The van der Waals surface area contributed by atoms with E-state index >= 15 is 0 Å². The van der Waals surface area contributed by atoms with Gasteiger partial charge in [0, 0.05) is 41.9 Å². The maximum Gasteiger partial charge on any atom is 0.219 e. The molecule has 0 atom stereocenters. The van der Waals surface area contributed by atoms with Crippen LogP contribution in [0.4, 0.5) is 5.82 Å². The molecule has 0 spiro atoms. The normalized spacial score (nSPS) is 12.1. The molecule has 7 nitrogen and oxygen atoms in total. The van der Waals surface area contributed by atoms with Crippen molar-refractivity contribution in [3.8, 4) is 45.3 Å². The lowest BCUT2D eigenvalue weighted by Gasteiger charge is -2.14. The fourth-order valence-corrected chi connectivity index (χ4v) is 5.87. The first-order valence-electron chi connectivity index (χ1n) is 12.6. The van der Waals surface area contributed by atoms with Gasteiger partial charge >= 0.3 is 0 Å². The van der Waals surface area contributed by atoms with Crippen molar-refractivity contribution >= 4 is 34.3 Å². The van der Waals surface area contributed by atoms with Crippen molar-refractivity contribution in [3.63, 3.8) is 0 Å². The van der Waals surface area contributed by atoms with Gasteiger partial charge in [0.1, 0.15) is 28.5 Å². The van der Waals surface area contributed by atoms with E-state index in [0.717, 1.165) is 72.5 Å². The number of hydrogen-bond acceptors (Lipinski definition) is 7. The minimum absolute atomic E-state index is 0.578. The van der Waals surface area contributed by atoms with Crippen molar-refractivity contribution in [2.45, 2.75) is 13.5 Å². The largest absolute Gasteiger partial charge is 0.439 e. The topological polar surface area (TPSA) is 77.8 Å². The Morgan fingerprint density at radius 2 is 1.87 bits per heavy atom. The monoisotopic (exact) mass is 528 g/mol. The number of anilines is 1. The molecule has 0 fully saturated rings. The summed E-state index contributed by atoms with van der Waals surface area (Å²) in [4.78, 5) is 18.4. The molecule has 0 aliphatic carbocycles. The molecular weight excluding hydrogens is 504 g/mol. The molecule has 8 heteroatoms. The standard InChI is InChI=1S/C31H24N6OS/c1-4-26-36-24(16-39-26)19-8-10-20(11-9-19)29-27-23-13-12-22(38-25-7-5-6-18(2)35-25)14-21(23)15-32-30-28(27)31(37(29)3)34-17-33-30/h4-14,16-17H,1,15H2,2-3H3,(H,32,33,34). The van der Waals surface area contributed by atoms with Gasteiger partial charge in [-0.15, -0.1) is 11.3 Å². The van der Waals surface area contributed by atoms with E-state index in [-0.39, 0.29) is 0 Å². The quantitative estimate of drug-likeness (QED) is 0.250. The summed E-state index contributed by atoms with van der Waals surface area (Å²) in [5.74, 6) is 2.15. The van der Waals surface area contributed by atoms with Crippen molar-refractivity contribution < 1.29 is 4.74 Å². The molecule has 39 heavy (non-hydrogen) atoms. The van der Waals surface area contributed by atoms with Crippen molar-refractivity contribution in [2.75, 3.05) is 5.32 Å². The van der Waals surface area contributed by atoms with Gasteiger partial charge in [0.05, 0.1) is 16.8 Å². The van der Waals surface area contributed by atoms with Crippen LogP contribution in [0.15, 0.2) is 78.9 Å². The number of aromatic nitrogens is 5. The number of thiazole rings is 1. The number of pyridine rings is 1. The maximum absolute atomic E-state index is 6.12. The fourth-order valence-electron chi connectivity index (χ4n) is 5.20. The Morgan fingerprint density at radius 1 is 1.03 bits per heavy atom. The molecule has 0 saturated heterocycles. The van der Waals surface area contributed by atoms with Crippen LogP contribution in [0, 0.1) is 6.92 Å². The number of benzene rings is 2. The van der Waals surface area contributed by atoms with E-state index in [2.05, 4.69) is 85.2 Å². The Bertz CT molecular complexity index is 1890. The number of ether oxygens (including phenoxy) is 1. The lowest BCUT2D eigenvalue weighted by atomic mass is 9.95. The molecule has 190 valence electrons. The van der Waals surface area contributed by atoms with Crippen LogP contribution in [0.5, 0.6) is 11.6 Å². The summed E-state index contributed by atoms with van der Waals surface area (Å²) in [6.07, 6.45) is 3.40. The summed E-state index contributed by atoms with van der Waals surface area (Å²) in [6, 6.07) is 20.5. The van der Waals surface area contributed by atoms with Crippen LogP contribution in [0.2, 0.25) is 0 Å². The van der Waals surface area contributed by atoms with E-state index in [4.69, 9.17) is 4.74 Å². The molecule has 0 unspecified atom stereocenters. The molecule has 5 heterocycles. The zero-order chi connectivity index (χ0) is 26.5. The predicted octanol–water partition coefficient (Wildman–Crippen LogP) is 7.49. The molecule has 0 bridgehead atoms. The Labute approximate surface area is 229 Å². The average Bonchev–Trinajstić information content (AvgIpc) is 3.51. The zero-order valence-corrected chi connectivity index (χ0v) is 22.3. The summed E-state index contributed by atoms with van der Waals surface area (Å²) in [5.41, 5.74) is 9.35. The van der Waals surface area contributed by atoms with Gasteiger partial charge in [-0.3, -0.25) is 0 Å². The van der Waals surface area contributed by atoms with Gasteiger partial charge in [-0.2, -0.15) is 0 Å². The first-order valence-corrected chi connectivity index (χ1v) is 13.5. The summed E-state index contributed by atoms with van der Waals surface area (Å²) < 4.78 is 8.27. The fraction of sp³-hybridized carbons (Fsp3) is 0.0968. The second-order valence-corrected chi connectivity index (χ2v) is 10.3.